The predicted molar refractivity (Wildman–Crippen MR) is 95.2 cm³/mol. The number of halogens is 2. The third-order valence-corrected chi connectivity index (χ3v) is 5.89. The number of carbonyl (C=O) groups excluding carboxylic acids is 1. The van der Waals surface area contributed by atoms with Crippen molar-refractivity contribution in [3.8, 4) is 0 Å². The van der Waals surface area contributed by atoms with E-state index in [4.69, 9.17) is 5.73 Å². The van der Waals surface area contributed by atoms with Crippen molar-refractivity contribution in [3.05, 3.63) is 34.3 Å². The SMILES string of the molecule is Cl.NC[C@H]1CCC[C@H]1C(=O)NCC1(c2ccccc2Br)CC1. The molecule has 0 radical (unpaired) electrons. The molecule has 3 nitrogen and oxygen atoms in total. The van der Waals surface area contributed by atoms with Gasteiger partial charge in [0.25, 0.3) is 0 Å². The van der Waals surface area contributed by atoms with Gasteiger partial charge in [-0.15, -0.1) is 12.4 Å². The molecule has 0 unspecified atom stereocenters. The molecule has 3 rings (SSSR count). The Morgan fingerprint density at radius 2 is 2.05 bits per heavy atom. The summed E-state index contributed by atoms with van der Waals surface area (Å²) in [6.45, 7) is 1.38. The first-order valence-electron chi connectivity index (χ1n) is 7.89. The first-order valence-corrected chi connectivity index (χ1v) is 8.68. The van der Waals surface area contributed by atoms with E-state index in [1.165, 1.54) is 5.56 Å². The average molecular weight is 388 g/mol. The molecule has 1 amide bonds. The molecule has 0 spiro atoms. The van der Waals surface area contributed by atoms with E-state index in [0.717, 1.165) is 43.1 Å². The van der Waals surface area contributed by atoms with Gasteiger partial charge in [-0.05, 0) is 49.8 Å². The van der Waals surface area contributed by atoms with Gasteiger partial charge in [0.2, 0.25) is 5.91 Å². The monoisotopic (exact) mass is 386 g/mol. The van der Waals surface area contributed by atoms with E-state index in [0.29, 0.717) is 12.5 Å². The molecule has 2 fully saturated rings. The number of nitrogens with one attached hydrogen (secondary N) is 1. The van der Waals surface area contributed by atoms with E-state index >= 15 is 0 Å². The van der Waals surface area contributed by atoms with Gasteiger partial charge in [0.1, 0.15) is 0 Å². The summed E-state index contributed by atoms with van der Waals surface area (Å²) >= 11 is 3.64. The van der Waals surface area contributed by atoms with Crippen LogP contribution in [0.5, 0.6) is 0 Å². The van der Waals surface area contributed by atoms with Crippen LogP contribution in [0, 0.1) is 11.8 Å². The Kier molecular flexibility index (Phi) is 5.92. The number of amides is 1. The summed E-state index contributed by atoms with van der Waals surface area (Å²) in [5.74, 6) is 0.718. The van der Waals surface area contributed by atoms with Crippen LogP contribution in [-0.2, 0) is 10.2 Å². The average Bonchev–Trinajstić information content (AvgIpc) is 3.12. The van der Waals surface area contributed by atoms with Crippen molar-refractivity contribution in [1.82, 2.24) is 5.32 Å². The molecule has 2 aliphatic rings. The highest BCUT2D eigenvalue weighted by Crippen LogP contribution is 2.50. The third kappa shape index (κ3) is 3.50. The van der Waals surface area contributed by atoms with Crippen LogP contribution < -0.4 is 11.1 Å². The van der Waals surface area contributed by atoms with Gasteiger partial charge in [0.15, 0.2) is 0 Å². The first-order chi connectivity index (χ1) is 10.2. The molecule has 0 heterocycles. The molecule has 0 saturated heterocycles. The molecule has 22 heavy (non-hydrogen) atoms. The molecule has 0 bridgehead atoms. The Morgan fingerprint density at radius 1 is 1.32 bits per heavy atom. The molecular formula is C17H24BrClN2O. The molecule has 1 aromatic carbocycles. The maximum absolute atomic E-state index is 12.4. The van der Waals surface area contributed by atoms with Crippen molar-refractivity contribution < 1.29 is 4.79 Å². The van der Waals surface area contributed by atoms with E-state index in [9.17, 15) is 4.79 Å². The molecule has 0 aromatic heterocycles. The lowest BCUT2D eigenvalue weighted by atomic mass is 9.93. The number of benzene rings is 1. The summed E-state index contributed by atoms with van der Waals surface area (Å²) < 4.78 is 1.15. The minimum Gasteiger partial charge on any atom is -0.355 e. The Bertz CT molecular complexity index is 533. The molecule has 2 aliphatic carbocycles. The van der Waals surface area contributed by atoms with E-state index in [-0.39, 0.29) is 29.6 Å². The Hall–Kier alpha value is -0.580. The van der Waals surface area contributed by atoms with Gasteiger partial charge >= 0.3 is 0 Å². The highest BCUT2D eigenvalue weighted by atomic mass is 79.9. The maximum Gasteiger partial charge on any atom is 0.223 e. The number of hydrogen-bond donors (Lipinski definition) is 2. The van der Waals surface area contributed by atoms with Crippen LogP contribution in [0.15, 0.2) is 28.7 Å². The topological polar surface area (TPSA) is 55.1 Å². The summed E-state index contributed by atoms with van der Waals surface area (Å²) in [6.07, 6.45) is 5.54. The zero-order valence-electron chi connectivity index (χ0n) is 12.7. The molecule has 3 N–H and O–H groups in total. The fourth-order valence-corrected chi connectivity index (χ4v) is 4.34. The van der Waals surface area contributed by atoms with Crippen molar-refractivity contribution in [2.24, 2.45) is 17.6 Å². The summed E-state index contributed by atoms with van der Waals surface area (Å²) in [4.78, 5) is 12.4. The van der Waals surface area contributed by atoms with Gasteiger partial charge in [0.05, 0.1) is 0 Å². The second-order valence-corrected chi connectivity index (χ2v) is 7.37. The zero-order valence-corrected chi connectivity index (χ0v) is 15.1. The van der Waals surface area contributed by atoms with Crippen molar-refractivity contribution in [2.75, 3.05) is 13.1 Å². The predicted octanol–water partition coefficient (Wildman–Crippen LogP) is 3.39. The summed E-state index contributed by atoms with van der Waals surface area (Å²) in [7, 11) is 0. The third-order valence-electron chi connectivity index (χ3n) is 5.20. The van der Waals surface area contributed by atoms with Gasteiger partial charge < -0.3 is 11.1 Å². The standard InChI is InChI=1S/C17H23BrN2O.ClH/c18-15-7-2-1-6-14(15)17(8-9-17)11-20-16(21)13-5-3-4-12(13)10-19;/h1-2,6-7,12-13H,3-5,8-11,19H2,(H,20,21);1H/t12-,13-;/m1./s1. The quantitative estimate of drug-likeness (QED) is 0.813. The second kappa shape index (κ2) is 7.33. The number of hydrogen-bond acceptors (Lipinski definition) is 2. The van der Waals surface area contributed by atoms with Gasteiger partial charge in [0, 0.05) is 22.4 Å². The van der Waals surface area contributed by atoms with Crippen LogP contribution in [0.25, 0.3) is 0 Å². The van der Waals surface area contributed by atoms with Crippen LogP contribution >= 0.6 is 28.3 Å². The van der Waals surface area contributed by atoms with Crippen LogP contribution in [-0.4, -0.2) is 19.0 Å². The van der Waals surface area contributed by atoms with Crippen molar-refractivity contribution in [3.63, 3.8) is 0 Å². The van der Waals surface area contributed by atoms with Crippen LogP contribution in [0.1, 0.15) is 37.7 Å². The number of carbonyl (C=O) groups is 1. The van der Waals surface area contributed by atoms with Crippen molar-refractivity contribution >= 4 is 34.2 Å². The minimum atomic E-state index is 0. The number of rotatable bonds is 5. The Labute approximate surface area is 147 Å². The lowest BCUT2D eigenvalue weighted by molar-refractivity contribution is -0.126. The Morgan fingerprint density at radius 3 is 2.68 bits per heavy atom. The molecule has 122 valence electrons. The van der Waals surface area contributed by atoms with Crippen LogP contribution in [0.4, 0.5) is 0 Å². The second-order valence-electron chi connectivity index (χ2n) is 6.51. The van der Waals surface area contributed by atoms with Gasteiger partial charge in [-0.3, -0.25) is 4.79 Å². The zero-order chi connectivity index (χ0) is 14.9. The smallest absolute Gasteiger partial charge is 0.223 e. The van der Waals surface area contributed by atoms with Gasteiger partial charge in [-0.2, -0.15) is 0 Å². The fourth-order valence-electron chi connectivity index (χ4n) is 3.64. The highest BCUT2D eigenvalue weighted by molar-refractivity contribution is 9.10. The van der Waals surface area contributed by atoms with E-state index < -0.39 is 0 Å². The summed E-state index contributed by atoms with van der Waals surface area (Å²) in [5, 5.41) is 3.20. The van der Waals surface area contributed by atoms with Gasteiger partial charge in [-0.25, -0.2) is 0 Å². The fraction of sp³-hybridized carbons (Fsp3) is 0.588. The largest absolute Gasteiger partial charge is 0.355 e. The van der Waals surface area contributed by atoms with Gasteiger partial charge in [-0.1, -0.05) is 40.5 Å². The van der Waals surface area contributed by atoms with E-state index in [2.05, 4.69) is 39.4 Å². The van der Waals surface area contributed by atoms with E-state index in [1.807, 2.05) is 6.07 Å². The molecule has 5 heteroatoms. The van der Waals surface area contributed by atoms with E-state index in [1.54, 1.807) is 0 Å². The Balaban J connectivity index is 0.00000176. The molecule has 0 aliphatic heterocycles. The first kappa shape index (κ1) is 17.8. The lowest BCUT2D eigenvalue weighted by Crippen LogP contribution is -2.39. The summed E-state index contributed by atoms with van der Waals surface area (Å²) in [6, 6.07) is 8.36. The highest BCUT2D eigenvalue weighted by Gasteiger charge is 2.46. The molecule has 1 aromatic rings. The molecular weight excluding hydrogens is 364 g/mol. The maximum atomic E-state index is 12.4. The molecule has 2 saturated carbocycles. The van der Waals surface area contributed by atoms with Crippen molar-refractivity contribution in [1.29, 1.82) is 0 Å². The van der Waals surface area contributed by atoms with Crippen LogP contribution in [0.2, 0.25) is 0 Å². The van der Waals surface area contributed by atoms with Crippen LogP contribution in [0.3, 0.4) is 0 Å². The molecule has 2 atom stereocenters. The normalized spacial score (nSPS) is 25.4. The van der Waals surface area contributed by atoms with Crippen molar-refractivity contribution in [2.45, 2.75) is 37.5 Å². The summed E-state index contributed by atoms with van der Waals surface area (Å²) in [5.41, 5.74) is 7.25. The number of nitrogens with two attached hydrogens (primary N) is 1. The lowest BCUT2D eigenvalue weighted by Gasteiger charge is -2.22. The minimum absolute atomic E-state index is 0.